The first kappa shape index (κ1) is 13.9. The Kier molecular flexibility index (Phi) is 4.46. The third-order valence-electron chi connectivity index (χ3n) is 3.17. The number of nitrogens with two attached hydrogens (primary N) is 1. The van der Waals surface area contributed by atoms with E-state index in [1.165, 1.54) is 5.56 Å². The van der Waals surface area contributed by atoms with Crippen LogP contribution in [0.4, 0.5) is 5.69 Å². The number of benzene rings is 2. The monoisotopic (exact) mass is 274 g/mol. The SMILES string of the molecule is CC(N)c1ccc(N(C)Cc2ccccc2)c(Cl)c1. The highest BCUT2D eigenvalue weighted by molar-refractivity contribution is 6.33. The molecule has 0 spiro atoms. The van der Waals surface area contributed by atoms with Crippen LogP contribution in [0.1, 0.15) is 24.1 Å². The van der Waals surface area contributed by atoms with Crippen LogP contribution in [0.5, 0.6) is 0 Å². The van der Waals surface area contributed by atoms with Crippen LogP contribution in [0.15, 0.2) is 48.5 Å². The van der Waals surface area contributed by atoms with Crippen molar-refractivity contribution >= 4 is 17.3 Å². The van der Waals surface area contributed by atoms with Crippen LogP contribution in [0.3, 0.4) is 0 Å². The van der Waals surface area contributed by atoms with E-state index in [4.69, 9.17) is 17.3 Å². The minimum absolute atomic E-state index is 0.00554. The Hall–Kier alpha value is -1.51. The van der Waals surface area contributed by atoms with Crippen molar-refractivity contribution in [3.63, 3.8) is 0 Å². The fraction of sp³-hybridized carbons (Fsp3) is 0.250. The van der Waals surface area contributed by atoms with E-state index in [0.29, 0.717) is 0 Å². The molecule has 0 heterocycles. The number of nitrogens with zero attached hydrogens (tertiary/aromatic N) is 1. The van der Waals surface area contributed by atoms with Gasteiger partial charge in [-0.15, -0.1) is 0 Å². The molecule has 0 fully saturated rings. The van der Waals surface area contributed by atoms with E-state index in [0.717, 1.165) is 22.8 Å². The molecule has 1 unspecified atom stereocenters. The Balaban J connectivity index is 2.17. The molecule has 0 bridgehead atoms. The molecule has 100 valence electrons. The fourth-order valence-electron chi connectivity index (χ4n) is 2.06. The summed E-state index contributed by atoms with van der Waals surface area (Å²) in [7, 11) is 2.04. The van der Waals surface area contributed by atoms with Crippen LogP contribution in [-0.4, -0.2) is 7.05 Å². The summed E-state index contributed by atoms with van der Waals surface area (Å²) in [5.74, 6) is 0. The topological polar surface area (TPSA) is 29.3 Å². The Bertz CT molecular complexity index is 538. The molecule has 0 amide bonds. The van der Waals surface area contributed by atoms with Gasteiger partial charge in [0.25, 0.3) is 0 Å². The molecule has 0 aromatic heterocycles. The van der Waals surface area contributed by atoms with Crippen molar-refractivity contribution in [2.45, 2.75) is 19.5 Å². The maximum absolute atomic E-state index is 6.34. The molecule has 3 heteroatoms. The average Bonchev–Trinajstić information content (AvgIpc) is 2.39. The Morgan fingerprint density at radius 1 is 1.16 bits per heavy atom. The molecule has 0 radical (unpaired) electrons. The second-order valence-corrected chi connectivity index (χ2v) is 5.25. The van der Waals surface area contributed by atoms with Gasteiger partial charge in [-0.3, -0.25) is 0 Å². The molecular weight excluding hydrogens is 256 g/mol. The van der Waals surface area contributed by atoms with E-state index >= 15 is 0 Å². The predicted molar refractivity (Wildman–Crippen MR) is 82.6 cm³/mol. The van der Waals surface area contributed by atoms with Crippen molar-refractivity contribution < 1.29 is 0 Å². The maximum atomic E-state index is 6.34. The van der Waals surface area contributed by atoms with Gasteiger partial charge in [0.15, 0.2) is 0 Å². The minimum atomic E-state index is 0.00554. The quantitative estimate of drug-likeness (QED) is 0.913. The van der Waals surface area contributed by atoms with Crippen molar-refractivity contribution in [1.29, 1.82) is 0 Å². The molecule has 0 saturated carbocycles. The Labute approximate surface area is 119 Å². The third kappa shape index (κ3) is 3.49. The lowest BCUT2D eigenvalue weighted by atomic mass is 10.1. The summed E-state index contributed by atoms with van der Waals surface area (Å²) in [4.78, 5) is 2.14. The highest BCUT2D eigenvalue weighted by Crippen LogP contribution is 2.28. The first-order valence-corrected chi connectivity index (χ1v) is 6.76. The van der Waals surface area contributed by atoms with Gasteiger partial charge in [-0.2, -0.15) is 0 Å². The highest BCUT2D eigenvalue weighted by atomic mass is 35.5. The second-order valence-electron chi connectivity index (χ2n) is 4.84. The summed E-state index contributed by atoms with van der Waals surface area (Å²) in [6.07, 6.45) is 0. The zero-order valence-electron chi connectivity index (χ0n) is 11.3. The van der Waals surface area contributed by atoms with E-state index < -0.39 is 0 Å². The van der Waals surface area contributed by atoms with E-state index in [2.05, 4.69) is 17.0 Å². The zero-order chi connectivity index (χ0) is 13.8. The summed E-state index contributed by atoms with van der Waals surface area (Å²) in [6.45, 7) is 2.79. The first-order chi connectivity index (χ1) is 9.08. The number of hydrogen-bond acceptors (Lipinski definition) is 2. The van der Waals surface area contributed by atoms with Gasteiger partial charge in [-0.05, 0) is 30.2 Å². The smallest absolute Gasteiger partial charge is 0.0642 e. The molecule has 0 aliphatic heterocycles. The lowest BCUT2D eigenvalue weighted by Gasteiger charge is -2.21. The molecule has 2 aromatic carbocycles. The maximum Gasteiger partial charge on any atom is 0.0642 e. The number of hydrogen-bond donors (Lipinski definition) is 1. The van der Waals surface area contributed by atoms with E-state index in [1.54, 1.807) is 0 Å². The fourth-order valence-corrected chi connectivity index (χ4v) is 2.39. The minimum Gasteiger partial charge on any atom is -0.369 e. The zero-order valence-corrected chi connectivity index (χ0v) is 12.1. The van der Waals surface area contributed by atoms with E-state index in [9.17, 15) is 0 Å². The van der Waals surface area contributed by atoms with Crippen LogP contribution in [0.25, 0.3) is 0 Å². The molecule has 1 atom stereocenters. The molecular formula is C16H19ClN2. The van der Waals surface area contributed by atoms with Crippen molar-refractivity contribution in [3.8, 4) is 0 Å². The summed E-state index contributed by atoms with van der Waals surface area (Å²) in [6, 6.07) is 16.4. The average molecular weight is 275 g/mol. The molecule has 2 N–H and O–H groups in total. The van der Waals surface area contributed by atoms with Gasteiger partial charge in [0.1, 0.15) is 0 Å². The van der Waals surface area contributed by atoms with E-state index in [-0.39, 0.29) is 6.04 Å². The predicted octanol–water partition coefficient (Wildman–Crippen LogP) is 4.00. The molecule has 0 saturated heterocycles. The summed E-state index contributed by atoms with van der Waals surface area (Å²) >= 11 is 6.34. The molecule has 19 heavy (non-hydrogen) atoms. The van der Waals surface area contributed by atoms with Crippen molar-refractivity contribution in [1.82, 2.24) is 0 Å². The van der Waals surface area contributed by atoms with Crippen LogP contribution < -0.4 is 10.6 Å². The molecule has 2 rings (SSSR count). The van der Waals surface area contributed by atoms with Crippen LogP contribution >= 0.6 is 11.6 Å². The molecule has 0 aliphatic carbocycles. The van der Waals surface area contributed by atoms with Gasteiger partial charge in [-0.1, -0.05) is 48.0 Å². The standard InChI is InChI=1S/C16H19ClN2/c1-12(18)14-8-9-16(15(17)10-14)19(2)11-13-6-4-3-5-7-13/h3-10,12H,11,18H2,1-2H3. The lowest BCUT2D eigenvalue weighted by Crippen LogP contribution is -2.17. The first-order valence-electron chi connectivity index (χ1n) is 6.38. The van der Waals surface area contributed by atoms with Crippen LogP contribution in [0, 0.1) is 0 Å². The summed E-state index contributed by atoms with van der Waals surface area (Å²) < 4.78 is 0. The number of halogens is 1. The summed E-state index contributed by atoms with van der Waals surface area (Å²) in [5.41, 5.74) is 9.20. The number of rotatable bonds is 4. The Morgan fingerprint density at radius 2 is 1.84 bits per heavy atom. The van der Waals surface area contributed by atoms with Gasteiger partial charge < -0.3 is 10.6 Å². The van der Waals surface area contributed by atoms with Gasteiger partial charge in [0, 0.05) is 19.6 Å². The van der Waals surface area contributed by atoms with Crippen molar-refractivity contribution in [2.75, 3.05) is 11.9 Å². The molecule has 2 nitrogen and oxygen atoms in total. The van der Waals surface area contributed by atoms with Gasteiger partial charge in [0.05, 0.1) is 10.7 Å². The molecule has 2 aromatic rings. The van der Waals surface area contributed by atoms with Crippen molar-refractivity contribution in [2.24, 2.45) is 5.73 Å². The highest BCUT2D eigenvalue weighted by Gasteiger charge is 2.09. The number of anilines is 1. The van der Waals surface area contributed by atoms with Gasteiger partial charge in [0.2, 0.25) is 0 Å². The molecule has 0 aliphatic rings. The normalized spacial score (nSPS) is 12.2. The van der Waals surface area contributed by atoms with Crippen molar-refractivity contribution in [3.05, 3.63) is 64.7 Å². The van der Waals surface area contributed by atoms with Crippen LogP contribution in [-0.2, 0) is 6.54 Å². The Morgan fingerprint density at radius 3 is 2.42 bits per heavy atom. The van der Waals surface area contributed by atoms with Gasteiger partial charge in [-0.25, -0.2) is 0 Å². The third-order valence-corrected chi connectivity index (χ3v) is 3.47. The lowest BCUT2D eigenvalue weighted by molar-refractivity contribution is 0.817. The largest absolute Gasteiger partial charge is 0.369 e. The summed E-state index contributed by atoms with van der Waals surface area (Å²) in [5, 5.41) is 0.744. The van der Waals surface area contributed by atoms with Crippen LogP contribution in [0.2, 0.25) is 5.02 Å². The van der Waals surface area contributed by atoms with E-state index in [1.807, 2.05) is 50.4 Å². The van der Waals surface area contributed by atoms with Gasteiger partial charge >= 0.3 is 0 Å². The second kappa shape index (κ2) is 6.09.